The molecule has 2 unspecified atom stereocenters. The zero-order valence-electron chi connectivity index (χ0n) is 14.8. The molecule has 1 aliphatic heterocycles. The van der Waals surface area contributed by atoms with E-state index in [0.29, 0.717) is 5.56 Å². The maximum atomic E-state index is 12.7. The van der Waals surface area contributed by atoms with Gasteiger partial charge in [-0.25, -0.2) is 4.98 Å². The second-order valence-corrected chi connectivity index (χ2v) is 10.7. The summed E-state index contributed by atoms with van der Waals surface area (Å²) in [4.78, 5) is 34.3. The number of rotatable bonds is 4. The van der Waals surface area contributed by atoms with Gasteiger partial charge in [0.05, 0.1) is 31.0 Å². The molecule has 0 aliphatic carbocycles. The van der Waals surface area contributed by atoms with Crippen molar-refractivity contribution >= 4 is 27.0 Å². The Kier molecular flexibility index (Phi) is 5.88. The van der Waals surface area contributed by atoms with Gasteiger partial charge < -0.3 is 28.5 Å². The van der Waals surface area contributed by atoms with Crippen molar-refractivity contribution in [2.45, 2.75) is 11.6 Å². The Labute approximate surface area is 164 Å². The van der Waals surface area contributed by atoms with Crippen molar-refractivity contribution in [1.82, 2.24) is 9.55 Å². The third kappa shape index (κ3) is 4.39. The lowest BCUT2D eigenvalue weighted by atomic mass is 10.1. The molecule has 14 heteroatoms. The van der Waals surface area contributed by atoms with Crippen LogP contribution in [0.1, 0.15) is 5.56 Å². The van der Waals surface area contributed by atoms with Crippen molar-refractivity contribution in [1.29, 1.82) is 0 Å². The van der Waals surface area contributed by atoms with E-state index in [4.69, 9.17) is 9.05 Å². The highest BCUT2D eigenvalue weighted by Crippen LogP contribution is 2.73. The molecule has 1 fully saturated rings. The summed E-state index contributed by atoms with van der Waals surface area (Å²) in [5, 5.41) is 18.3. The van der Waals surface area contributed by atoms with Crippen molar-refractivity contribution in [3.63, 3.8) is 0 Å². The number of hydrogen-bond acceptors (Lipinski definition) is 8. The van der Waals surface area contributed by atoms with Gasteiger partial charge >= 0.3 is 15.2 Å². The van der Waals surface area contributed by atoms with Gasteiger partial charge in [-0.2, -0.15) is 0 Å². The molecule has 2 aromatic rings. The zero-order valence-corrected chi connectivity index (χ0v) is 16.6. The minimum absolute atomic E-state index is 0.124. The van der Waals surface area contributed by atoms with Gasteiger partial charge in [-0.15, -0.1) is 0 Å². The van der Waals surface area contributed by atoms with Gasteiger partial charge in [0, 0.05) is 24.5 Å². The molecule has 0 saturated carbocycles. The summed E-state index contributed by atoms with van der Waals surface area (Å²) in [5.41, 5.74) is 0.571. The van der Waals surface area contributed by atoms with Gasteiger partial charge in [0.25, 0.3) is 10.8 Å². The van der Waals surface area contributed by atoms with Gasteiger partial charge in [-0.1, -0.05) is 6.08 Å². The largest absolute Gasteiger partial charge is 0.374 e. The van der Waals surface area contributed by atoms with E-state index in [1.165, 1.54) is 49.1 Å². The molecule has 156 valence electrons. The van der Waals surface area contributed by atoms with E-state index in [1.807, 2.05) is 0 Å². The lowest BCUT2D eigenvalue weighted by molar-refractivity contribution is -0.384. The molecule has 0 radical (unpaired) electrons. The minimum Gasteiger partial charge on any atom is -0.366 e. The number of aromatic nitrogens is 2. The molecule has 12 nitrogen and oxygen atoms in total. The minimum atomic E-state index is -5.07. The number of benzene rings is 1. The Morgan fingerprint density at radius 2 is 1.79 bits per heavy atom. The van der Waals surface area contributed by atoms with Crippen LogP contribution in [-0.4, -0.2) is 47.7 Å². The second kappa shape index (κ2) is 7.92. The molecule has 1 aromatic carbocycles. The number of non-ortho nitro benzene ring substituents is 1. The lowest BCUT2D eigenvalue weighted by Gasteiger charge is -2.36. The molecular weight excluding hydrogens is 428 g/mol. The first-order valence-corrected chi connectivity index (χ1v) is 11.3. The van der Waals surface area contributed by atoms with Gasteiger partial charge in [0.15, 0.2) is 0 Å². The number of nitrogens with zero attached hydrogens (tertiary/aromatic N) is 3. The van der Waals surface area contributed by atoms with Crippen LogP contribution in [0.15, 0.2) is 48.6 Å². The highest BCUT2D eigenvalue weighted by molar-refractivity contribution is 7.73. The SMILES string of the molecule is O=[N+]([O-])c1ccc(C=C2COP(=O)(O)C(O)(Cn3ccnc3)P(=O)(O)OC2)cc1. The maximum Gasteiger partial charge on any atom is 0.374 e. The van der Waals surface area contributed by atoms with Gasteiger partial charge in [-0.3, -0.25) is 19.2 Å². The van der Waals surface area contributed by atoms with E-state index in [0.717, 1.165) is 4.57 Å². The zero-order chi connectivity index (χ0) is 21.3. The average molecular weight is 445 g/mol. The molecule has 0 bridgehead atoms. The smallest absolute Gasteiger partial charge is 0.366 e. The van der Waals surface area contributed by atoms with Crippen LogP contribution >= 0.6 is 15.2 Å². The van der Waals surface area contributed by atoms with Crippen LogP contribution in [0.25, 0.3) is 6.08 Å². The fourth-order valence-electron chi connectivity index (χ4n) is 2.56. The van der Waals surface area contributed by atoms with Crippen molar-refractivity contribution in [2.24, 2.45) is 0 Å². The Balaban J connectivity index is 1.87. The lowest BCUT2D eigenvalue weighted by Crippen LogP contribution is -2.37. The molecule has 0 spiro atoms. The van der Waals surface area contributed by atoms with Crippen LogP contribution in [0.3, 0.4) is 0 Å². The third-order valence-electron chi connectivity index (χ3n) is 4.18. The Bertz CT molecular complexity index is 990. The van der Waals surface area contributed by atoms with E-state index in [9.17, 15) is 34.1 Å². The Morgan fingerprint density at radius 1 is 1.21 bits per heavy atom. The van der Waals surface area contributed by atoms with E-state index < -0.39 is 45.0 Å². The number of nitro groups is 1. The fraction of sp³-hybridized carbons (Fsp3) is 0.267. The third-order valence-corrected chi connectivity index (χ3v) is 8.75. The normalized spacial score (nSPS) is 30.4. The Morgan fingerprint density at radius 3 is 2.28 bits per heavy atom. The molecular formula is C15H17N3O9P2. The molecule has 2 heterocycles. The van der Waals surface area contributed by atoms with Crippen LogP contribution in [-0.2, 0) is 24.7 Å². The molecule has 0 amide bonds. The molecule has 3 N–H and O–H groups in total. The van der Waals surface area contributed by atoms with Crippen molar-refractivity contribution in [2.75, 3.05) is 13.2 Å². The van der Waals surface area contributed by atoms with Crippen LogP contribution in [0.2, 0.25) is 0 Å². The van der Waals surface area contributed by atoms with E-state index in [2.05, 4.69) is 4.98 Å². The number of nitro benzene ring substituents is 1. The molecule has 2 atom stereocenters. The highest BCUT2D eigenvalue weighted by Gasteiger charge is 2.63. The van der Waals surface area contributed by atoms with E-state index >= 15 is 0 Å². The summed E-state index contributed by atoms with van der Waals surface area (Å²) in [6.45, 7) is -1.70. The number of imidazole rings is 1. The monoisotopic (exact) mass is 445 g/mol. The van der Waals surface area contributed by atoms with Crippen LogP contribution < -0.4 is 0 Å². The summed E-state index contributed by atoms with van der Waals surface area (Å²) in [5.74, 6) is 0. The predicted octanol–water partition coefficient (Wildman–Crippen LogP) is 1.94. The fourth-order valence-corrected chi connectivity index (χ4v) is 5.97. The van der Waals surface area contributed by atoms with Crippen molar-refractivity contribution < 1.29 is 38.0 Å². The highest BCUT2D eigenvalue weighted by atomic mass is 31.2. The molecule has 1 saturated heterocycles. The first-order valence-electron chi connectivity index (χ1n) is 8.11. The first kappa shape index (κ1) is 21.5. The summed E-state index contributed by atoms with van der Waals surface area (Å²) in [7, 11) is -10.1. The van der Waals surface area contributed by atoms with E-state index in [1.54, 1.807) is 0 Å². The number of aliphatic hydroxyl groups is 1. The maximum absolute atomic E-state index is 12.7. The van der Waals surface area contributed by atoms with Crippen LogP contribution in [0.5, 0.6) is 0 Å². The van der Waals surface area contributed by atoms with Gasteiger partial charge in [0.2, 0.25) is 0 Å². The molecule has 1 aromatic heterocycles. The quantitative estimate of drug-likeness (QED) is 0.358. The van der Waals surface area contributed by atoms with Gasteiger partial charge in [-0.05, 0) is 23.3 Å². The summed E-state index contributed by atoms with van der Waals surface area (Å²) in [6.07, 6.45) is 5.28. The van der Waals surface area contributed by atoms with Crippen molar-refractivity contribution in [3.8, 4) is 0 Å². The van der Waals surface area contributed by atoms with Crippen molar-refractivity contribution in [3.05, 3.63) is 64.2 Å². The number of hydrogen-bond donors (Lipinski definition) is 3. The molecule has 29 heavy (non-hydrogen) atoms. The second-order valence-electron chi connectivity index (χ2n) is 6.25. The first-order chi connectivity index (χ1) is 13.5. The molecule has 1 aliphatic rings. The standard InChI is InChI=1S/C15H17N3O9P2/c19-15(10-17-6-5-16-11-17)28(22,23)26-8-13(9-27-29(15,24)25)7-12-1-3-14(4-2-12)18(20)21/h1-7,11,19H,8-10H2,(H,22,23)(H,24,25). The van der Waals surface area contributed by atoms with E-state index in [-0.39, 0.29) is 11.3 Å². The van der Waals surface area contributed by atoms with Gasteiger partial charge in [0.1, 0.15) is 0 Å². The predicted molar refractivity (Wildman–Crippen MR) is 99.8 cm³/mol. The molecule has 3 rings (SSSR count). The summed E-state index contributed by atoms with van der Waals surface area (Å²) < 4.78 is 36.4. The average Bonchev–Trinajstić information content (AvgIpc) is 3.16. The van der Waals surface area contributed by atoms with Crippen LogP contribution in [0.4, 0.5) is 5.69 Å². The summed E-state index contributed by atoms with van der Waals surface area (Å²) >= 11 is 0. The summed E-state index contributed by atoms with van der Waals surface area (Å²) in [6, 6.07) is 5.37. The topological polar surface area (TPSA) is 174 Å². The Hall–Kier alpha value is -2.17. The van der Waals surface area contributed by atoms with Crippen LogP contribution in [0, 0.1) is 10.1 Å².